The van der Waals surface area contributed by atoms with Crippen molar-refractivity contribution in [1.82, 2.24) is 0 Å². The van der Waals surface area contributed by atoms with Crippen molar-refractivity contribution in [3.05, 3.63) is 64.2 Å². The van der Waals surface area contributed by atoms with E-state index in [0.717, 1.165) is 5.69 Å². The van der Waals surface area contributed by atoms with Crippen molar-refractivity contribution in [1.29, 1.82) is 0 Å². The second kappa shape index (κ2) is 7.91. The number of nitro groups is 1. The molecule has 8 nitrogen and oxygen atoms in total. The van der Waals surface area contributed by atoms with Crippen LogP contribution >= 0.6 is 0 Å². The highest BCUT2D eigenvalue weighted by molar-refractivity contribution is 5.96. The van der Waals surface area contributed by atoms with E-state index in [4.69, 9.17) is 4.74 Å². The number of nitro benzene ring substituents is 1. The van der Waals surface area contributed by atoms with Gasteiger partial charge in [0.05, 0.1) is 10.5 Å². The van der Waals surface area contributed by atoms with E-state index in [1.165, 1.54) is 18.2 Å². The lowest BCUT2D eigenvalue weighted by Gasteiger charge is -2.12. The summed E-state index contributed by atoms with van der Waals surface area (Å²) in [7, 11) is 3.75. The molecule has 0 atom stereocenters. The predicted octanol–water partition coefficient (Wildman–Crippen LogP) is 2.46. The maximum Gasteiger partial charge on any atom is 0.338 e. The summed E-state index contributed by atoms with van der Waals surface area (Å²) in [4.78, 5) is 36.0. The van der Waals surface area contributed by atoms with Gasteiger partial charge < -0.3 is 15.0 Å². The number of rotatable bonds is 6. The number of esters is 1. The van der Waals surface area contributed by atoms with Gasteiger partial charge in [-0.15, -0.1) is 0 Å². The summed E-state index contributed by atoms with van der Waals surface area (Å²) in [6.45, 7) is -0.541. The molecule has 1 N–H and O–H groups in total. The van der Waals surface area contributed by atoms with Gasteiger partial charge in [0.15, 0.2) is 6.61 Å². The molecule has 1 amide bonds. The molecular weight excluding hydrogens is 326 g/mol. The lowest BCUT2D eigenvalue weighted by atomic mass is 10.2. The zero-order chi connectivity index (χ0) is 18.4. The molecule has 0 saturated heterocycles. The zero-order valence-electron chi connectivity index (χ0n) is 13.8. The van der Waals surface area contributed by atoms with Crippen molar-refractivity contribution in [2.24, 2.45) is 0 Å². The Morgan fingerprint density at radius 2 is 1.76 bits per heavy atom. The molecule has 0 aliphatic carbocycles. The normalized spacial score (nSPS) is 10.0. The highest BCUT2D eigenvalue weighted by Crippen LogP contribution is 2.23. The molecule has 130 valence electrons. The average Bonchev–Trinajstić information content (AvgIpc) is 2.60. The van der Waals surface area contributed by atoms with Crippen molar-refractivity contribution in [2.45, 2.75) is 0 Å². The van der Waals surface area contributed by atoms with Gasteiger partial charge in [-0.1, -0.05) is 12.1 Å². The third-order valence-electron chi connectivity index (χ3n) is 3.33. The highest BCUT2D eigenvalue weighted by Gasteiger charge is 2.16. The van der Waals surface area contributed by atoms with Crippen LogP contribution in [-0.4, -0.2) is 37.5 Å². The summed E-state index contributed by atoms with van der Waals surface area (Å²) in [5.41, 5.74) is 1.04. The van der Waals surface area contributed by atoms with Crippen LogP contribution in [0, 0.1) is 10.1 Å². The second-order valence-electron chi connectivity index (χ2n) is 5.34. The van der Waals surface area contributed by atoms with Crippen LogP contribution in [0.1, 0.15) is 10.4 Å². The molecule has 0 fully saturated rings. The molecule has 0 unspecified atom stereocenters. The van der Waals surface area contributed by atoms with E-state index in [1.807, 2.05) is 19.0 Å². The third-order valence-corrected chi connectivity index (χ3v) is 3.33. The van der Waals surface area contributed by atoms with Gasteiger partial charge >= 0.3 is 5.97 Å². The molecular formula is C17H17N3O5. The number of hydrogen-bond donors (Lipinski definition) is 1. The first kappa shape index (κ1) is 17.9. The SMILES string of the molecule is CN(C)c1ccc(C(=O)OCC(=O)Nc2ccccc2[N+](=O)[O-])cc1. The highest BCUT2D eigenvalue weighted by atomic mass is 16.6. The van der Waals surface area contributed by atoms with Crippen LogP contribution in [-0.2, 0) is 9.53 Å². The second-order valence-corrected chi connectivity index (χ2v) is 5.34. The Morgan fingerprint density at radius 3 is 2.36 bits per heavy atom. The number of hydrogen-bond acceptors (Lipinski definition) is 6. The molecule has 0 spiro atoms. The van der Waals surface area contributed by atoms with Gasteiger partial charge in [-0.05, 0) is 30.3 Å². The minimum atomic E-state index is -0.660. The maximum absolute atomic E-state index is 11.9. The molecule has 0 aliphatic heterocycles. The van der Waals surface area contributed by atoms with E-state index in [0.29, 0.717) is 5.56 Å². The number of para-hydroxylation sites is 2. The molecule has 8 heteroatoms. The number of ether oxygens (including phenoxy) is 1. The number of nitrogens with zero attached hydrogens (tertiary/aromatic N) is 2. The van der Waals surface area contributed by atoms with Gasteiger partial charge in [-0.25, -0.2) is 4.79 Å². The summed E-state index contributed by atoms with van der Waals surface area (Å²) >= 11 is 0. The van der Waals surface area contributed by atoms with Crippen LogP contribution in [0.3, 0.4) is 0 Å². The number of carbonyl (C=O) groups is 2. The van der Waals surface area contributed by atoms with Gasteiger partial charge in [-0.2, -0.15) is 0 Å². The number of amides is 1. The smallest absolute Gasteiger partial charge is 0.338 e. The van der Waals surface area contributed by atoms with Crippen molar-refractivity contribution in [3.63, 3.8) is 0 Å². The molecule has 0 saturated carbocycles. The fourth-order valence-corrected chi connectivity index (χ4v) is 2.03. The fourth-order valence-electron chi connectivity index (χ4n) is 2.03. The minimum absolute atomic E-state index is 0.0453. The first-order chi connectivity index (χ1) is 11.9. The van der Waals surface area contributed by atoms with Gasteiger partial charge in [0, 0.05) is 25.8 Å². The maximum atomic E-state index is 11.9. The molecule has 0 aromatic heterocycles. The molecule has 0 bridgehead atoms. The first-order valence-corrected chi connectivity index (χ1v) is 7.36. The van der Waals surface area contributed by atoms with E-state index in [1.54, 1.807) is 30.3 Å². The Labute approximate surface area is 144 Å². The average molecular weight is 343 g/mol. The molecule has 2 aromatic carbocycles. The number of nitrogens with one attached hydrogen (secondary N) is 1. The quantitative estimate of drug-likeness (QED) is 0.491. The predicted molar refractivity (Wildman–Crippen MR) is 92.8 cm³/mol. The largest absolute Gasteiger partial charge is 0.452 e. The Bertz CT molecular complexity index is 787. The summed E-state index contributed by atoms with van der Waals surface area (Å²) in [6.07, 6.45) is 0. The number of anilines is 2. The monoisotopic (exact) mass is 343 g/mol. The van der Waals surface area contributed by atoms with Crippen molar-refractivity contribution in [2.75, 3.05) is 30.9 Å². The van der Waals surface area contributed by atoms with Gasteiger partial charge in [0.1, 0.15) is 5.69 Å². The minimum Gasteiger partial charge on any atom is -0.452 e. The first-order valence-electron chi connectivity index (χ1n) is 7.36. The number of benzene rings is 2. The number of carbonyl (C=O) groups excluding carboxylic acids is 2. The third kappa shape index (κ3) is 4.77. The van der Waals surface area contributed by atoms with Gasteiger partial charge in [0.25, 0.3) is 11.6 Å². The van der Waals surface area contributed by atoms with E-state index in [2.05, 4.69) is 5.32 Å². The molecule has 25 heavy (non-hydrogen) atoms. The molecule has 2 aromatic rings. The van der Waals surface area contributed by atoms with Crippen LogP contribution in [0.2, 0.25) is 0 Å². The lowest BCUT2D eigenvalue weighted by Crippen LogP contribution is -2.21. The van der Waals surface area contributed by atoms with Crippen LogP contribution in [0.15, 0.2) is 48.5 Å². The van der Waals surface area contributed by atoms with Gasteiger partial charge in [0.2, 0.25) is 0 Å². The summed E-state index contributed by atoms with van der Waals surface area (Å²) in [5, 5.41) is 13.3. The zero-order valence-corrected chi connectivity index (χ0v) is 13.8. The standard InChI is InChI=1S/C17H17N3O5/c1-19(2)13-9-7-12(8-10-13)17(22)25-11-16(21)18-14-5-3-4-6-15(14)20(23)24/h3-10H,11H2,1-2H3,(H,18,21). The van der Waals surface area contributed by atoms with E-state index >= 15 is 0 Å². The van der Waals surface area contributed by atoms with Gasteiger partial charge in [-0.3, -0.25) is 14.9 Å². The van der Waals surface area contributed by atoms with Crippen molar-refractivity contribution < 1.29 is 19.2 Å². The topological polar surface area (TPSA) is 102 Å². The van der Waals surface area contributed by atoms with Crippen LogP contribution in [0.4, 0.5) is 17.1 Å². The summed E-state index contributed by atoms with van der Waals surface area (Å²) in [6, 6.07) is 12.4. The molecule has 0 heterocycles. The van der Waals surface area contributed by atoms with E-state index in [-0.39, 0.29) is 11.4 Å². The Morgan fingerprint density at radius 1 is 1.12 bits per heavy atom. The lowest BCUT2D eigenvalue weighted by molar-refractivity contribution is -0.383. The van der Waals surface area contributed by atoms with E-state index in [9.17, 15) is 19.7 Å². The fraction of sp³-hybridized carbons (Fsp3) is 0.176. The molecule has 0 radical (unpaired) electrons. The Hall–Kier alpha value is -3.42. The summed E-state index contributed by atoms with van der Waals surface area (Å²) in [5.74, 6) is -1.31. The summed E-state index contributed by atoms with van der Waals surface area (Å²) < 4.78 is 4.93. The Balaban J connectivity index is 1.93. The molecule has 0 aliphatic rings. The van der Waals surface area contributed by atoms with Crippen LogP contribution in [0.25, 0.3) is 0 Å². The van der Waals surface area contributed by atoms with E-state index < -0.39 is 23.4 Å². The van der Waals surface area contributed by atoms with Crippen LogP contribution < -0.4 is 10.2 Å². The van der Waals surface area contributed by atoms with Crippen molar-refractivity contribution in [3.8, 4) is 0 Å². The molecule has 2 rings (SSSR count). The van der Waals surface area contributed by atoms with Crippen LogP contribution in [0.5, 0.6) is 0 Å². The van der Waals surface area contributed by atoms with Crippen molar-refractivity contribution >= 4 is 28.9 Å². The Kier molecular flexibility index (Phi) is 5.67.